The summed E-state index contributed by atoms with van der Waals surface area (Å²) in [6, 6.07) is 15.3. The number of aliphatic carboxylic acids is 1. The third kappa shape index (κ3) is 5.08. The minimum Gasteiger partial charge on any atom is -0.480 e. The molecular weight excluding hydrogens is 432 g/mol. The lowest BCUT2D eigenvalue weighted by Gasteiger charge is -2.23. The summed E-state index contributed by atoms with van der Waals surface area (Å²) in [6.07, 6.45) is 2.18. The molecule has 180 valence electrons. The first-order chi connectivity index (χ1) is 16.3. The van der Waals surface area contributed by atoms with Crippen molar-refractivity contribution in [2.45, 2.75) is 57.5 Å². The molecule has 3 N–H and O–H groups in total. The molecule has 0 saturated heterocycles. The predicted octanol–water partition coefficient (Wildman–Crippen LogP) is 4.31. The summed E-state index contributed by atoms with van der Waals surface area (Å²) in [5.41, 5.74) is 4.67. The molecule has 0 radical (unpaired) electrons. The van der Waals surface area contributed by atoms with Gasteiger partial charge < -0.3 is 20.5 Å². The summed E-state index contributed by atoms with van der Waals surface area (Å²) in [7, 11) is 0. The molecule has 1 saturated carbocycles. The number of benzene rings is 2. The zero-order chi connectivity index (χ0) is 24.2. The number of hydrogen-bond donors (Lipinski definition) is 3. The Balaban J connectivity index is 1.33. The van der Waals surface area contributed by atoms with Gasteiger partial charge in [0.2, 0.25) is 5.91 Å². The van der Waals surface area contributed by atoms with Crippen LogP contribution in [-0.4, -0.2) is 41.8 Å². The third-order valence-electron chi connectivity index (χ3n) is 7.00. The van der Waals surface area contributed by atoms with E-state index < -0.39 is 18.1 Å². The van der Waals surface area contributed by atoms with Gasteiger partial charge in [0.25, 0.3) is 0 Å². The van der Waals surface area contributed by atoms with Crippen LogP contribution >= 0.6 is 0 Å². The number of carboxylic acid groups (broad SMARTS) is 1. The molecule has 2 amide bonds. The van der Waals surface area contributed by atoms with E-state index in [2.05, 4.69) is 34.9 Å². The monoisotopic (exact) mass is 464 g/mol. The fraction of sp³-hybridized carbons (Fsp3) is 0.444. The van der Waals surface area contributed by atoms with E-state index in [1.54, 1.807) is 13.8 Å². The number of carbonyl (C=O) groups excluding carboxylic acids is 2. The van der Waals surface area contributed by atoms with Crippen molar-refractivity contribution in [3.63, 3.8) is 0 Å². The van der Waals surface area contributed by atoms with E-state index in [1.165, 1.54) is 11.1 Å². The Kier molecular flexibility index (Phi) is 7.20. The van der Waals surface area contributed by atoms with Crippen LogP contribution in [0, 0.1) is 11.8 Å². The van der Waals surface area contributed by atoms with Crippen LogP contribution in [0.5, 0.6) is 0 Å². The summed E-state index contributed by atoms with van der Waals surface area (Å²) >= 11 is 0. The lowest BCUT2D eigenvalue weighted by Crippen LogP contribution is -2.46. The van der Waals surface area contributed by atoms with E-state index in [0.717, 1.165) is 30.4 Å². The first-order valence-electron chi connectivity index (χ1n) is 12.0. The summed E-state index contributed by atoms with van der Waals surface area (Å²) < 4.78 is 5.65. The van der Waals surface area contributed by atoms with Gasteiger partial charge in [-0.15, -0.1) is 0 Å². The fourth-order valence-electron chi connectivity index (χ4n) is 5.25. The highest BCUT2D eigenvalue weighted by molar-refractivity contribution is 5.84. The maximum Gasteiger partial charge on any atom is 0.407 e. The van der Waals surface area contributed by atoms with E-state index in [-0.39, 0.29) is 42.7 Å². The van der Waals surface area contributed by atoms with Crippen molar-refractivity contribution in [3.8, 4) is 11.1 Å². The number of nitrogens with one attached hydrogen (secondary N) is 2. The molecule has 1 fully saturated rings. The molecule has 0 heterocycles. The van der Waals surface area contributed by atoms with E-state index in [9.17, 15) is 19.5 Å². The van der Waals surface area contributed by atoms with Crippen LogP contribution in [0.2, 0.25) is 0 Å². The maximum atomic E-state index is 12.7. The minimum atomic E-state index is -1.04. The van der Waals surface area contributed by atoms with E-state index in [0.29, 0.717) is 0 Å². The molecular formula is C27H32N2O5. The molecule has 34 heavy (non-hydrogen) atoms. The number of carboxylic acids is 1. The molecule has 0 bridgehead atoms. The highest BCUT2D eigenvalue weighted by Gasteiger charge is 2.33. The average Bonchev–Trinajstić information content (AvgIpc) is 3.37. The second kappa shape index (κ2) is 10.3. The first kappa shape index (κ1) is 23.8. The number of amides is 2. The number of carbonyl (C=O) groups is 3. The van der Waals surface area contributed by atoms with Gasteiger partial charge >= 0.3 is 12.1 Å². The van der Waals surface area contributed by atoms with Crippen molar-refractivity contribution in [2.24, 2.45) is 11.8 Å². The van der Waals surface area contributed by atoms with Crippen molar-refractivity contribution in [3.05, 3.63) is 59.7 Å². The molecule has 2 aliphatic carbocycles. The lowest BCUT2D eigenvalue weighted by molar-refractivity contribution is -0.143. The maximum absolute atomic E-state index is 12.7. The van der Waals surface area contributed by atoms with Gasteiger partial charge in [0.05, 0.1) is 0 Å². The normalized spacial score (nSPS) is 19.9. The van der Waals surface area contributed by atoms with E-state index in [1.807, 2.05) is 24.3 Å². The Morgan fingerprint density at radius 2 is 1.62 bits per heavy atom. The van der Waals surface area contributed by atoms with Gasteiger partial charge in [0.15, 0.2) is 0 Å². The molecule has 0 aliphatic heterocycles. The summed E-state index contributed by atoms with van der Waals surface area (Å²) in [5.74, 6) is -1.59. The van der Waals surface area contributed by atoms with Crippen LogP contribution in [0.25, 0.3) is 11.1 Å². The summed E-state index contributed by atoms with van der Waals surface area (Å²) in [6.45, 7) is 3.76. The highest BCUT2D eigenvalue weighted by Crippen LogP contribution is 2.44. The number of rotatable bonds is 8. The topological polar surface area (TPSA) is 105 Å². The number of fused-ring (bicyclic) bond motifs is 3. The summed E-state index contributed by atoms with van der Waals surface area (Å²) in [5, 5.41) is 14.9. The Hall–Kier alpha value is -3.35. The van der Waals surface area contributed by atoms with Gasteiger partial charge in [-0.05, 0) is 46.9 Å². The first-order valence-corrected chi connectivity index (χ1v) is 12.0. The van der Waals surface area contributed by atoms with Crippen molar-refractivity contribution in [1.29, 1.82) is 0 Å². The van der Waals surface area contributed by atoms with Gasteiger partial charge in [-0.25, -0.2) is 9.59 Å². The zero-order valence-corrected chi connectivity index (χ0v) is 19.6. The Labute approximate surface area is 199 Å². The van der Waals surface area contributed by atoms with Gasteiger partial charge in [-0.1, -0.05) is 68.8 Å². The number of ether oxygens (including phenoxy) is 1. The predicted molar refractivity (Wildman–Crippen MR) is 128 cm³/mol. The molecule has 4 rings (SSSR count). The molecule has 0 spiro atoms. The van der Waals surface area contributed by atoms with E-state index in [4.69, 9.17) is 4.74 Å². The Morgan fingerprint density at radius 3 is 2.21 bits per heavy atom. The molecule has 2 unspecified atom stereocenters. The molecule has 2 aromatic carbocycles. The molecule has 7 heteroatoms. The Bertz CT molecular complexity index is 1020. The third-order valence-corrected chi connectivity index (χ3v) is 7.00. The standard InChI is InChI=1S/C27H32N2O5/c1-16(2)25(26(31)32)29-24(30)14-17-8-7-13-23(17)28-27(33)34-15-22-20-11-5-3-9-18(20)19-10-4-6-12-21(19)22/h3-6,9-12,16-17,22-23,25H,7-8,13-15H2,1-2H3,(H,28,33)(H,29,30)(H,31,32)/t17?,23?,25-/m0/s1. The van der Waals surface area contributed by atoms with Crippen molar-refractivity contribution >= 4 is 18.0 Å². The number of alkyl carbamates (subject to hydrolysis) is 1. The van der Waals surface area contributed by atoms with Gasteiger partial charge in [-0.2, -0.15) is 0 Å². The van der Waals surface area contributed by atoms with E-state index >= 15 is 0 Å². The molecule has 7 nitrogen and oxygen atoms in total. The zero-order valence-electron chi connectivity index (χ0n) is 19.6. The average molecular weight is 465 g/mol. The number of hydrogen-bond acceptors (Lipinski definition) is 4. The molecule has 2 aromatic rings. The molecule has 2 aliphatic rings. The highest BCUT2D eigenvalue weighted by atomic mass is 16.5. The van der Waals surface area contributed by atoms with Gasteiger partial charge in [0, 0.05) is 18.4 Å². The SMILES string of the molecule is CC(C)[C@H](NC(=O)CC1CCCC1NC(=O)OCC1c2ccccc2-c2ccccc21)C(=O)O. The second-order valence-electron chi connectivity index (χ2n) is 9.60. The van der Waals surface area contributed by atoms with Crippen molar-refractivity contribution < 1.29 is 24.2 Å². The smallest absolute Gasteiger partial charge is 0.407 e. The van der Waals surface area contributed by atoms with Crippen LogP contribution in [0.1, 0.15) is 56.6 Å². The minimum absolute atomic E-state index is 0.00714. The van der Waals surface area contributed by atoms with Crippen LogP contribution < -0.4 is 10.6 Å². The van der Waals surface area contributed by atoms with Gasteiger partial charge in [-0.3, -0.25) is 4.79 Å². The van der Waals surface area contributed by atoms with Crippen LogP contribution in [0.3, 0.4) is 0 Å². The molecule has 3 atom stereocenters. The summed E-state index contributed by atoms with van der Waals surface area (Å²) in [4.78, 5) is 36.5. The van der Waals surface area contributed by atoms with Crippen LogP contribution in [0.15, 0.2) is 48.5 Å². The van der Waals surface area contributed by atoms with Crippen LogP contribution in [0.4, 0.5) is 4.79 Å². The van der Waals surface area contributed by atoms with Crippen molar-refractivity contribution in [2.75, 3.05) is 6.61 Å². The fourth-order valence-corrected chi connectivity index (χ4v) is 5.25. The second-order valence-corrected chi connectivity index (χ2v) is 9.60. The van der Waals surface area contributed by atoms with Crippen LogP contribution in [-0.2, 0) is 14.3 Å². The largest absolute Gasteiger partial charge is 0.480 e. The quantitative estimate of drug-likeness (QED) is 0.540. The lowest BCUT2D eigenvalue weighted by atomic mass is 9.98. The Morgan fingerprint density at radius 1 is 1.00 bits per heavy atom. The van der Waals surface area contributed by atoms with Crippen molar-refractivity contribution in [1.82, 2.24) is 10.6 Å². The molecule has 0 aromatic heterocycles. The van der Waals surface area contributed by atoms with Gasteiger partial charge in [0.1, 0.15) is 12.6 Å².